The number of rotatable bonds is 6. The lowest BCUT2D eigenvalue weighted by Crippen LogP contribution is -2.18. The van der Waals surface area contributed by atoms with Crippen molar-refractivity contribution in [1.82, 2.24) is 0 Å². The van der Waals surface area contributed by atoms with Crippen molar-refractivity contribution in [1.29, 1.82) is 0 Å². The van der Waals surface area contributed by atoms with Gasteiger partial charge in [0, 0.05) is 12.8 Å². The summed E-state index contributed by atoms with van der Waals surface area (Å²) in [6.45, 7) is -0.116. The molecule has 0 aliphatic carbocycles. The van der Waals surface area contributed by atoms with Crippen LogP contribution in [0.25, 0.3) is 0 Å². The smallest absolute Gasteiger partial charge is 0.262 e. The van der Waals surface area contributed by atoms with E-state index in [-0.39, 0.29) is 23.1 Å². The van der Waals surface area contributed by atoms with E-state index in [1.54, 1.807) is 30.3 Å². The van der Waals surface area contributed by atoms with Gasteiger partial charge in [0.25, 0.3) is 10.0 Å². The molecule has 0 heterocycles. The third-order valence-corrected chi connectivity index (χ3v) is 4.51. The molecule has 0 fully saturated rings. The Hall–Kier alpha value is -2.09. The lowest BCUT2D eigenvalue weighted by molar-refractivity contribution is -0.119. The summed E-state index contributed by atoms with van der Waals surface area (Å²) >= 11 is 5.95. The molecule has 1 amide bonds. The summed E-state index contributed by atoms with van der Waals surface area (Å²) in [5.41, 5.74) is 0.636. The molecule has 2 rings (SSSR count). The van der Waals surface area contributed by atoms with Crippen molar-refractivity contribution in [3.8, 4) is 0 Å². The number of sulfonamides is 1. The zero-order valence-electron chi connectivity index (χ0n) is 12.2. The van der Waals surface area contributed by atoms with Gasteiger partial charge in [-0.3, -0.25) is 9.52 Å². The Labute approximate surface area is 139 Å². The molecule has 6 nitrogen and oxygen atoms in total. The van der Waals surface area contributed by atoms with Crippen molar-refractivity contribution in [2.45, 2.75) is 4.90 Å². The van der Waals surface area contributed by atoms with Gasteiger partial charge in [0.1, 0.15) is 6.61 Å². The predicted molar refractivity (Wildman–Crippen MR) is 89.2 cm³/mol. The van der Waals surface area contributed by atoms with Gasteiger partial charge in [-0.1, -0.05) is 29.8 Å². The zero-order chi connectivity index (χ0) is 16.9. The summed E-state index contributed by atoms with van der Waals surface area (Å²) in [6.07, 6.45) is 0. The number of methoxy groups -OCH3 is 1. The van der Waals surface area contributed by atoms with E-state index < -0.39 is 10.0 Å². The molecule has 0 radical (unpaired) electrons. The number of hydrogen-bond acceptors (Lipinski definition) is 4. The second kappa shape index (κ2) is 7.45. The molecule has 0 unspecified atom stereocenters. The Balaban J connectivity index is 2.23. The second-order valence-electron chi connectivity index (χ2n) is 4.59. The van der Waals surface area contributed by atoms with E-state index in [4.69, 9.17) is 16.3 Å². The molecule has 23 heavy (non-hydrogen) atoms. The highest BCUT2D eigenvalue weighted by Gasteiger charge is 2.16. The lowest BCUT2D eigenvalue weighted by atomic mass is 10.3. The fourth-order valence-corrected chi connectivity index (χ4v) is 3.18. The fourth-order valence-electron chi connectivity index (χ4n) is 1.82. The Morgan fingerprint density at radius 3 is 2.61 bits per heavy atom. The first-order valence-corrected chi connectivity index (χ1v) is 8.45. The third kappa shape index (κ3) is 4.69. The fraction of sp³-hybridized carbons (Fsp3) is 0.133. The van der Waals surface area contributed by atoms with Crippen LogP contribution in [0.2, 0.25) is 5.02 Å². The van der Waals surface area contributed by atoms with Gasteiger partial charge in [-0.25, -0.2) is 8.42 Å². The number of nitrogens with one attached hydrogen (secondary N) is 2. The Morgan fingerprint density at radius 1 is 1.17 bits per heavy atom. The van der Waals surface area contributed by atoms with Gasteiger partial charge in [0.15, 0.2) is 0 Å². The maximum absolute atomic E-state index is 12.4. The number of benzene rings is 2. The van der Waals surface area contributed by atoms with E-state index in [0.717, 1.165) is 0 Å². The summed E-state index contributed by atoms with van der Waals surface area (Å²) < 4.78 is 31.9. The highest BCUT2D eigenvalue weighted by Crippen LogP contribution is 2.24. The quantitative estimate of drug-likeness (QED) is 0.835. The summed E-state index contributed by atoms with van der Waals surface area (Å²) in [6, 6.07) is 12.4. The standard InChI is InChI=1S/C15H15ClN2O4S/c1-22-10-15(19)17-11-5-4-6-12(9-11)23(20,21)18-14-8-3-2-7-13(14)16/h2-9,18H,10H2,1H3,(H,17,19). The van der Waals surface area contributed by atoms with E-state index in [1.165, 1.54) is 25.3 Å². The summed E-state index contributed by atoms with van der Waals surface area (Å²) in [7, 11) is -2.43. The van der Waals surface area contributed by atoms with Crippen LogP contribution in [0, 0.1) is 0 Å². The maximum atomic E-state index is 12.4. The minimum Gasteiger partial charge on any atom is -0.375 e. The topological polar surface area (TPSA) is 84.5 Å². The number of ether oxygens (including phenoxy) is 1. The molecule has 8 heteroatoms. The van der Waals surface area contributed by atoms with Crippen molar-refractivity contribution in [3.05, 3.63) is 53.6 Å². The summed E-state index contributed by atoms with van der Waals surface area (Å²) in [5.74, 6) is -0.374. The van der Waals surface area contributed by atoms with Crippen molar-refractivity contribution < 1.29 is 17.9 Å². The van der Waals surface area contributed by atoms with Gasteiger partial charge in [0.2, 0.25) is 5.91 Å². The number of carbonyl (C=O) groups excluding carboxylic acids is 1. The van der Waals surface area contributed by atoms with Crippen LogP contribution in [0.3, 0.4) is 0 Å². The molecule has 122 valence electrons. The molecular formula is C15H15ClN2O4S. The van der Waals surface area contributed by atoms with E-state index in [9.17, 15) is 13.2 Å². The van der Waals surface area contributed by atoms with E-state index in [2.05, 4.69) is 10.0 Å². The SMILES string of the molecule is COCC(=O)Nc1cccc(S(=O)(=O)Nc2ccccc2Cl)c1. The Bertz CT molecular complexity index is 809. The van der Waals surface area contributed by atoms with Crippen molar-refractivity contribution >= 4 is 38.9 Å². The zero-order valence-corrected chi connectivity index (χ0v) is 13.8. The van der Waals surface area contributed by atoms with Crippen LogP contribution >= 0.6 is 11.6 Å². The second-order valence-corrected chi connectivity index (χ2v) is 6.68. The van der Waals surface area contributed by atoms with Gasteiger partial charge in [-0.15, -0.1) is 0 Å². The highest BCUT2D eigenvalue weighted by atomic mass is 35.5. The average molecular weight is 355 g/mol. The first-order chi connectivity index (χ1) is 10.9. The van der Waals surface area contributed by atoms with E-state index in [0.29, 0.717) is 10.7 Å². The number of hydrogen-bond donors (Lipinski definition) is 2. The average Bonchev–Trinajstić information content (AvgIpc) is 2.50. The molecule has 0 aliphatic rings. The van der Waals surface area contributed by atoms with Gasteiger partial charge >= 0.3 is 0 Å². The molecule has 0 bridgehead atoms. The van der Waals surface area contributed by atoms with Gasteiger partial charge in [-0.05, 0) is 30.3 Å². The Morgan fingerprint density at radius 2 is 1.91 bits per heavy atom. The van der Waals surface area contributed by atoms with E-state index in [1.807, 2.05) is 0 Å². The molecule has 2 N–H and O–H groups in total. The normalized spacial score (nSPS) is 11.0. The van der Waals surface area contributed by atoms with Crippen LogP contribution < -0.4 is 10.0 Å². The minimum absolute atomic E-state index is 0.00707. The lowest BCUT2D eigenvalue weighted by Gasteiger charge is -2.11. The Kier molecular flexibility index (Phi) is 5.59. The molecule has 0 spiro atoms. The first kappa shape index (κ1) is 17.3. The molecular weight excluding hydrogens is 340 g/mol. The molecule has 0 atom stereocenters. The third-order valence-electron chi connectivity index (χ3n) is 2.82. The number of halogens is 1. The molecule has 2 aromatic rings. The molecule has 0 aromatic heterocycles. The predicted octanol–water partition coefficient (Wildman–Crippen LogP) is 2.73. The number of anilines is 2. The van der Waals surface area contributed by atoms with Gasteiger partial charge < -0.3 is 10.1 Å². The van der Waals surface area contributed by atoms with Crippen LogP contribution in [0.4, 0.5) is 11.4 Å². The molecule has 2 aromatic carbocycles. The maximum Gasteiger partial charge on any atom is 0.262 e. The number of amides is 1. The molecule has 0 aliphatic heterocycles. The van der Waals surface area contributed by atoms with Gasteiger partial charge in [0.05, 0.1) is 15.6 Å². The van der Waals surface area contributed by atoms with Crippen molar-refractivity contribution in [2.24, 2.45) is 0 Å². The number of para-hydroxylation sites is 1. The van der Waals surface area contributed by atoms with Crippen LogP contribution in [-0.2, 0) is 19.6 Å². The molecule has 0 saturated carbocycles. The van der Waals surface area contributed by atoms with Crippen molar-refractivity contribution in [3.63, 3.8) is 0 Å². The number of carbonyl (C=O) groups is 1. The monoisotopic (exact) mass is 354 g/mol. The summed E-state index contributed by atoms with van der Waals surface area (Å²) in [5, 5.41) is 2.84. The first-order valence-electron chi connectivity index (χ1n) is 6.58. The van der Waals surface area contributed by atoms with Crippen LogP contribution in [0.15, 0.2) is 53.4 Å². The van der Waals surface area contributed by atoms with Crippen LogP contribution in [-0.4, -0.2) is 28.0 Å². The van der Waals surface area contributed by atoms with Crippen LogP contribution in [0.1, 0.15) is 0 Å². The molecule has 0 saturated heterocycles. The van der Waals surface area contributed by atoms with Crippen LogP contribution in [0.5, 0.6) is 0 Å². The highest BCUT2D eigenvalue weighted by molar-refractivity contribution is 7.92. The largest absolute Gasteiger partial charge is 0.375 e. The summed E-state index contributed by atoms with van der Waals surface area (Å²) in [4.78, 5) is 11.5. The van der Waals surface area contributed by atoms with Gasteiger partial charge in [-0.2, -0.15) is 0 Å². The van der Waals surface area contributed by atoms with Crippen molar-refractivity contribution in [2.75, 3.05) is 23.8 Å². The minimum atomic E-state index is -3.82. The van der Waals surface area contributed by atoms with E-state index >= 15 is 0 Å².